The summed E-state index contributed by atoms with van der Waals surface area (Å²) in [5, 5.41) is 0.895. The van der Waals surface area contributed by atoms with E-state index in [9.17, 15) is 4.79 Å². The lowest BCUT2D eigenvalue weighted by Crippen LogP contribution is -2.49. The number of amides is 1. The predicted molar refractivity (Wildman–Crippen MR) is 133 cm³/mol. The fourth-order valence-electron chi connectivity index (χ4n) is 4.43. The minimum atomic E-state index is 0.0588. The van der Waals surface area contributed by atoms with Crippen LogP contribution in [-0.2, 0) is 0 Å². The Morgan fingerprint density at radius 3 is 2.36 bits per heavy atom. The summed E-state index contributed by atoms with van der Waals surface area (Å²) in [6.45, 7) is 5.49. The van der Waals surface area contributed by atoms with Crippen LogP contribution in [0.2, 0.25) is 0 Å². The molecule has 0 aliphatic carbocycles. The average Bonchev–Trinajstić information content (AvgIpc) is 2.89. The van der Waals surface area contributed by atoms with Crippen molar-refractivity contribution in [1.29, 1.82) is 0 Å². The third-order valence-corrected chi connectivity index (χ3v) is 6.09. The van der Waals surface area contributed by atoms with Gasteiger partial charge in [-0.2, -0.15) is 0 Å². The van der Waals surface area contributed by atoms with Gasteiger partial charge in [-0.3, -0.25) is 4.79 Å². The summed E-state index contributed by atoms with van der Waals surface area (Å²) in [5.41, 5.74) is 4.47. The molecule has 1 amide bonds. The number of pyridine rings is 1. The quantitative estimate of drug-likeness (QED) is 0.427. The number of hydrogen-bond donors (Lipinski definition) is 0. The van der Waals surface area contributed by atoms with E-state index in [1.54, 1.807) is 0 Å². The Morgan fingerprint density at radius 2 is 1.58 bits per heavy atom. The number of ether oxygens (including phenoxy) is 1. The van der Waals surface area contributed by atoms with Crippen molar-refractivity contribution in [3.63, 3.8) is 0 Å². The molecule has 0 bridgehead atoms. The number of carbonyl (C=O) groups is 1. The number of hydrogen-bond acceptors (Lipinski definition) is 4. The zero-order valence-corrected chi connectivity index (χ0v) is 18.8. The van der Waals surface area contributed by atoms with Crippen LogP contribution in [0.4, 0.5) is 5.69 Å². The molecule has 1 aliphatic rings. The van der Waals surface area contributed by atoms with Crippen molar-refractivity contribution in [2.45, 2.75) is 6.92 Å². The Morgan fingerprint density at radius 1 is 0.879 bits per heavy atom. The maximum Gasteiger partial charge on any atom is 0.254 e. The van der Waals surface area contributed by atoms with Crippen molar-refractivity contribution in [2.24, 2.45) is 0 Å². The van der Waals surface area contributed by atoms with Gasteiger partial charge < -0.3 is 14.5 Å². The third kappa shape index (κ3) is 4.27. The van der Waals surface area contributed by atoms with Gasteiger partial charge in [0, 0.05) is 37.1 Å². The minimum Gasteiger partial charge on any atom is -0.492 e. The number of para-hydroxylation sites is 3. The molecule has 5 heteroatoms. The van der Waals surface area contributed by atoms with Crippen molar-refractivity contribution in [3.8, 4) is 17.0 Å². The molecule has 0 saturated carbocycles. The highest BCUT2D eigenvalue weighted by molar-refractivity contribution is 6.07. The number of piperazine rings is 1. The third-order valence-electron chi connectivity index (χ3n) is 6.09. The van der Waals surface area contributed by atoms with Crippen LogP contribution in [0, 0.1) is 0 Å². The number of anilines is 1. The Balaban J connectivity index is 1.41. The van der Waals surface area contributed by atoms with Crippen LogP contribution in [0.25, 0.3) is 22.2 Å². The molecule has 0 spiro atoms. The van der Waals surface area contributed by atoms with Crippen LogP contribution in [0.5, 0.6) is 5.75 Å². The van der Waals surface area contributed by atoms with E-state index in [4.69, 9.17) is 9.72 Å². The molecule has 0 radical (unpaired) electrons. The van der Waals surface area contributed by atoms with Crippen molar-refractivity contribution >= 4 is 22.5 Å². The molecule has 1 fully saturated rings. The molecular weight excluding hydrogens is 410 g/mol. The first-order valence-electron chi connectivity index (χ1n) is 11.5. The van der Waals surface area contributed by atoms with Gasteiger partial charge in [-0.05, 0) is 31.2 Å². The van der Waals surface area contributed by atoms with Gasteiger partial charge >= 0.3 is 0 Å². The molecule has 5 nitrogen and oxygen atoms in total. The number of nitrogens with zero attached hydrogens (tertiary/aromatic N) is 3. The number of rotatable bonds is 5. The summed E-state index contributed by atoms with van der Waals surface area (Å²) in [6.07, 6.45) is 0. The first kappa shape index (κ1) is 21.0. The first-order valence-corrected chi connectivity index (χ1v) is 11.5. The van der Waals surface area contributed by atoms with Crippen molar-refractivity contribution in [2.75, 3.05) is 37.7 Å². The second kappa shape index (κ2) is 9.33. The van der Waals surface area contributed by atoms with Gasteiger partial charge in [-0.1, -0.05) is 60.7 Å². The van der Waals surface area contributed by atoms with Gasteiger partial charge in [0.2, 0.25) is 0 Å². The summed E-state index contributed by atoms with van der Waals surface area (Å²) in [7, 11) is 0. The lowest BCUT2D eigenvalue weighted by atomic mass is 10.0. The highest BCUT2D eigenvalue weighted by atomic mass is 16.5. The normalized spacial score (nSPS) is 13.8. The molecule has 0 unspecified atom stereocenters. The second-order valence-electron chi connectivity index (χ2n) is 8.12. The van der Waals surface area contributed by atoms with Gasteiger partial charge in [0.05, 0.1) is 29.1 Å². The number of benzene rings is 3. The fourth-order valence-corrected chi connectivity index (χ4v) is 4.43. The summed E-state index contributed by atoms with van der Waals surface area (Å²) >= 11 is 0. The van der Waals surface area contributed by atoms with E-state index in [0.717, 1.165) is 46.7 Å². The minimum absolute atomic E-state index is 0.0588. The van der Waals surface area contributed by atoms with Gasteiger partial charge in [-0.15, -0.1) is 0 Å². The molecule has 33 heavy (non-hydrogen) atoms. The lowest BCUT2D eigenvalue weighted by Gasteiger charge is -2.37. The zero-order valence-electron chi connectivity index (χ0n) is 18.8. The largest absolute Gasteiger partial charge is 0.492 e. The summed E-state index contributed by atoms with van der Waals surface area (Å²) in [5.74, 6) is 0.955. The molecule has 1 aliphatic heterocycles. The van der Waals surface area contributed by atoms with Gasteiger partial charge in [0.25, 0.3) is 5.91 Å². The molecule has 166 valence electrons. The van der Waals surface area contributed by atoms with Crippen LogP contribution in [0.1, 0.15) is 17.3 Å². The predicted octanol–water partition coefficient (Wildman–Crippen LogP) is 5.26. The Hall–Kier alpha value is -3.86. The van der Waals surface area contributed by atoms with Gasteiger partial charge in [0.1, 0.15) is 5.75 Å². The maximum absolute atomic E-state index is 13.7. The molecular formula is C28H27N3O2. The van der Waals surface area contributed by atoms with Crippen LogP contribution >= 0.6 is 0 Å². The van der Waals surface area contributed by atoms with E-state index in [0.29, 0.717) is 25.3 Å². The number of fused-ring (bicyclic) bond motifs is 1. The number of carbonyl (C=O) groups excluding carboxylic acids is 1. The summed E-state index contributed by atoms with van der Waals surface area (Å²) < 4.78 is 5.81. The summed E-state index contributed by atoms with van der Waals surface area (Å²) in [6, 6.07) is 28.0. The molecule has 3 aromatic carbocycles. The lowest BCUT2D eigenvalue weighted by molar-refractivity contribution is 0.0748. The Kier molecular flexibility index (Phi) is 5.94. The zero-order chi connectivity index (χ0) is 22.6. The van der Waals surface area contributed by atoms with Crippen LogP contribution in [0.3, 0.4) is 0 Å². The highest BCUT2D eigenvalue weighted by Crippen LogP contribution is 2.30. The van der Waals surface area contributed by atoms with E-state index in [1.807, 2.05) is 90.7 Å². The molecule has 4 aromatic rings. The topological polar surface area (TPSA) is 45.7 Å². The van der Waals surface area contributed by atoms with E-state index in [2.05, 4.69) is 11.0 Å². The van der Waals surface area contributed by atoms with Gasteiger partial charge in [0.15, 0.2) is 0 Å². The highest BCUT2D eigenvalue weighted by Gasteiger charge is 2.25. The molecule has 0 N–H and O–H groups in total. The first-order chi connectivity index (χ1) is 16.2. The Labute approximate surface area is 194 Å². The van der Waals surface area contributed by atoms with Crippen molar-refractivity contribution in [1.82, 2.24) is 9.88 Å². The molecule has 1 saturated heterocycles. The van der Waals surface area contributed by atoms with E-state index >= 15 is 0 Å². The van der Waals surface area contributed by atoms with E-state index < -0.39 is 0 Å². The summed E-state index contributed by atoms with van der Waals surface area (Å²) in [4.78, 5) is 22.7. The smallest absolute Gasteiger partial charge is 0.254 e. The van der Waals surface area contributed by atoms with Crippen molar-refractivity contribution in [3.05, 3.63) is 90.5 Å². The molecule has 2 heterocycles. The average molecular weight is 438 g/mol. The van der Waals surface area contributed by atoms with E-state index in [-0.39, 0.29) is 5.91 Å². The Bertz CT molecular complexity index is 1260. The van der Waals surface area contributed by atoms with Crippen LogP contribution in [0.15, 0.2) is 84.9 Å². The van der Waals surface area contributed by atoms with Crippen LogP contribution < -0.4 is 9.64 Å². The SMILES string of the molecule is CCOc1ccccc1N1CCN(C(=O)c2cc(-c3ccccc3)nc3ccccc23)CC1. The fraction of sp³-hybridized carbons (Fsp3) is 0.214. The van der Waals surface area contributed by atoms with E-state index in [1.165, 1.54) is 0 Å². The number of aromatic nitrogens is 1. The van der Waals surface area contributed by atoms with Gasteiger partial charge in [-0.25, -0.2) is 4.98 Å². The second-order valence-corrected chi connectivity index (χ2v) is 8.12. The monoisotopic (exact) mass is 437 g/mol. The molecule has 5 rings (SSSR count). The standard InChI is InChI=1S/C28H27N3O2/c1-2-33-27-15-9-8-14-26(27)30-16-18-31(19-17-30)28(32)23-20-25(21-10-4-3-5-11-21)29-24-13-7-6-12-22(23)24/h3-15,20H,2,16-19H2,1H3. The van der Waals surface area contributed by atoms with Crippen molar-refractivity contribution < 1.29 is 9.53 Å². The molecule has 1 aromatic heterocycles. The van der Waals surface area contributed by atoms with Crippen LogP contribution in [-0.4, -0.2) is 48.6 Å². The maximum atomic E-state index is 13.7. The molecule has 0 atom stereocenters.